The fraction of sp³-hybridized carbons (Fsp3) is 0.929. The van der Waals surface area contributed by atoms with Gasteiger partial charge < -0.3 is 14.7 Å². The number of carbonyl (C=O) groups excluding carboxylic acids is 1. The van der Waals surface area contributed by atoms with Gasteiger partial charge in [0.05, 0.1) is 19.1 Å². The van der Waals surface area contributed by atoms with Gasteiger partial charge in [0.15, 0.2) is 0 Å². The molecule has 2 unspecified atom stereocenters. The first-order chi connectivity index (χ1) is 8.65. The van der Waals surface area contributed by atoms with E-state index in [9.17, 15) is 9.90 Å². The fourth-order valence-corrected chi connectivity index (χ4v) is 2.59. The molecule has 0 saturated carbocycles. The summed E-state index contributed by atoms with van der Waals surface area (Å²) in [4.78, 5) is 13.5. The van der Waals surface area contributed by atoms with E-state index in [0.717, 1.165) is 19.0 Å². The molecule has 0 amide bonds. The van der Waals surface area contributed by atoms with Gasteiger partial charge in [0, 0.05) is 6.54 Å². The van der Waals surface area contributed by atoms with Gasteiger partial charge in [-0.2, -0.15) is 0 Å². The van der Waals surface area contributed by atoms with E-state index >= 15 is 0 Å². The lowest BCUT2D eigenvalue weighted by molar-refractivity contribution is -0.145. The van der Waals surface area contributed by atoms with Gasteiger partial charge >= 0.3 is 5.97 Å². The number of likely N-dealkylation sites (tertiary alicyclic amines) is 1. The minimum absolute atomic E-state index is 0.113. The Bertz CT molecular complexity index is 245. The lowest BCUT2D eigenvalue weighted by Gasteiger charge is -2.22. The van der Waals surface area contributed by atoms with Crippen molar-refractivity contribution >= 4 is 5.97 Å². The highest BCUT2D eigenvalue weighted by atomic mass is 16.5. The molecular weight excluding hydrogens is 230 g/mol. The summed E-state index contributed by atoms with van der Waals surface area (Å²) in [7, 11) is 0. The summed E-state index contributed by atoms with van der Waals surface area (Å²) in [6.45, 7) is 7.08. The van der Waals surface area contributed by atoms with Crippen LogP contribution in [0.5, 0.6) is 0 Å². The lowest BCUT2D eigenvalue weighted by atomic mass is 9.98. The highest BCUT2D eigenvalue weighted by molar-refractivity contribution is 5.69. The van der Waals surface area contributed by atoms with Crippen LogP contribution in [0.15, 0.2) is 0 Å². The van der Waals surface area contributed by atoms with Crippen molar-refractivity contribution in [3.05, 3.63) is 0 Å². The summed E-state index contributed by atoms with van der Waals surface area (Å²) < 4.78 is 4.84. The molecule has 0 aromatic carbocycles. The maximum absolute atomic E-state index is 11.3. The molecule has 1 aliphatic rings. The Morgan fingerprint density at radius 2 is 2.17 bits per heavy atom. The molecule has 0 aliphatic carbocycles. The Kier molecular flexibility index (Phi) is 7.28. The Labute approximate surface area is 110 Å². The van der Waals surface area contributed by atoms with Crippen LogP contribution in [0, 0.1) is 5.92 Å². The Balaban J connectivity index is 2.26. The van der Waals surface area contributed by atoms with Crippen molar-refractivity contribution in [1.82, 2.24) is 4.90 Å². The summed E-state index contributed by atoms with van der Waals surface area (Å²) in [5, 5.41) is 9.87. The van der Waals surface area contributed by atoms with E-state index in [1.54, 1.807) is 6.92 Å². The number of carbonyl (C=O) groups is 1. The molecule has 1 N–H and O–H groups in total. The van der Waals surface area contributed by atoms with Crippen LogP contribution in [0.1, 0.15) is 46.0 Å². The van der Waals surface area contributed by atoms with E-state index in [1.807, 2.05) is 0 Å². The highest BCUT2D eigenvalue weighted by Crippen LogP contribution is 2.20. The van der Waals surface area contributed by atoms with Gasteiger partial charge in [-0.3, -0.25) is 4.79 Å². The quantitative estimate of drug-likeness (QED) is 0.737. The second-order valence-corrected chi connectivity index (χ2v) is 5.17. The third-order valence-corrected chi connectivity index (χ3v) is 3.69. The predicted octanol–water partition coefficient (Wildman–Crippen LogP) is 1.81. The van der Waals surface area contributed by atoms with Crippen LogP contribution >= 0.6 is 0 Å². The topological polar surface area (TPSA) is 49.8 Å². The molecule has 0 radical (unpaired) electrons. The number of nitrogens with zero attached hydrogens (tertiary/aromatic N) is 1. The largest absolute Gasteiger partial charge is 0.466 e. The molecule has 1 aliphatic heterocycles. The molecule has 106 valence electrons. The highest BCUT2D eigenvalue weighted by Gasteiger charge is 2.19. The molecule has 4 heteroatoms. The Morgan fingerprint density at radius 1 is 1.39 bits per heavy atom. The first-order valence-electron chi connectivity index (χ1n) is 7.21. The van der Waals surface area contributed by atoms with Gasteiger partial charge in [0.2, 0.25) is 0 Å². The molecule has 0 aromatic heterocycles. The maximum atomic E-state index is 11.3. The van der Waals surface area contributed by atoms with Gasteiger partial charge in [0.1, 0.15) is 0 Å². The summed E-state index contributed by atoms with van der Waals surface area (Å²) in [6, 6.07) is 0. The van der Waals surface area contributed by atoms with Gasteiger partial charge in [0.25, 0.3) is 0 Å². The maximum Gasteiger partial charge on any atom is 0.308 e. The lowest BCUT2D eigenvalue weighted by Crippen LogP contribution is -2.34. The average molecular weight is 257 g/mol. The number of hydrogen-bond acceptors (Lipinski definition) is 4. The molecule has 1 heterocycles. The second kappa shape index (κ2) is 8.48. The first-order valence-corrected chi connectivity index (χ1v) is 7.21. The van der Waals surface area contributed by atoms with Crippen LogP contribution in [-0.4, -0.2) is 48.3 Å². The van der Waals surface area contributed by atoms with Crippen LogP contribution in [0.2, 0.25) is 0 Å². The smallest absolute Gasteiger partial charge is 0.308 e. The van der Waals surface area contributed by atoms with Crippen molar-refractivity contribution in [3.8, 4) is 0 Å². The zero-order chi connectivity index (χ0) is 13.4. The van der Waals surface area contributed by atoms with E-state index in [4.69, 9.17) is 4.74 Å². The number of aliphatic hydroxyl groups excluding tert-OH is 1. The summed E-state index contributed by atoms with van der Waals surface area (Å²) in [6.07, 6.45) is 4.47. The van der Waals surface area contributed by atoms with Crippen molar-refractivity contribution in [2.45, 2.75) is 52.1 Å². The van der Waals surface area contributed by atoms with Gasteiger partial charge in [-0.05, 0) is 45.2 Å². The van der Waals surface area contributed by atoms with E-state index in [2.05, 4.69) is 11.8 Å². The number of rotatable bonds is 6. The molecular formula is C14H27NO3. The molecule has 0 bridgehead atoms. The summed E-state index contributed by atoms with van der Waals surface area (Å²) >= 11 is 0. The van der Waals surface area contributed by atoms with Gasteiger partial charge in [-0.1, -0.05) is 13.3 Å². The average Bonchev–Trinajstić information content (AvgIpc) is 2.54. The number of β-amino-alcohol motifs (C(OH)–C–C–N with tert-alkyl or cyclic N) is 1. The van der Waals surface area contributed by atoms with Crippen LogP contribution in [0.3, 0.4) is 0 Å². The third kappa shape index (κ3) is 5.83. The standard InChI is InChI=1S/C14H27NO3/c1-3-12-6-5-8-15(9-7-12)11-13(16)10-14(17)18-4-2/h12-13,16H,3-11H2,1-2H3. The molecule has 1 fully saturated rings. The van der Waals surface area contributed by atoms with Crippen molar-refractivity contribution in [2.24, 2.45) is 5.92 Å². The van der Waals surface area contributed by atoms with Crippen LogP contribution in [-0.2, 0) is 9.53 Å². The zero-order valence-corrected chi connectivity index (χ0v) is 11.7. The Hall–Kier alpha value is -0.610. The molecule has 0 aromatic rings. The minimum Gasteiger partial charge on any atom is -0.466 e. The van der Waals surface area contributed by atoms with Crippen LogP contribution < -0.4 is 0 Å². The molecule has 1 rings (SSSR count). The molecule has 1 saturated heterocycles. The molecule has 0 spiro atoms. The fourth-order valence-electron chi connectivity index (χ4n) is 2.59. The number of hydrogen-bond donors (Lipinski definition) is 1. The van der Waals surface area contributed by atoms with Crippen molar-refractivity contribution in [3.63, 3.8) is 0 Å². The van der Waals surface area contributed by atoms with Gasteiger partial charge in [-0.25, -0.2) is 0 Å². The van der Waals surface area contributed by atoms with Crippen LogP contribution in [0.25, 0.3) is 0 Å². The number of ether oxygens (including phenoxy) is 1. The van der Waals surface area contributed by atoms with E-state index < -0.39 is 6.10 Å². The summed E-state index contributed by atoms with van der Waals surface area (Å²) in [5.74, 6) is 0.531. The van der Waals surface area contributed by atoms with Crippen molar-refractivity contribution in [1.29, 1.82) is 0 Å². The number of aliphatic hydroxyl groups is 1. The van der Waals surface area contributed by atoms with E-state index in [0.29, 0.717) is 13.2 Å². The summed E-state index contributed by atoms with van der Waals surface area (Å²) in [5.41, 5.74) is 0. The molecule has 2 atom stereocenters. The second-order valence-electron chi connectivity index (χ2n) is 5.17. The Morgan fingerprint density at radius 3 is 2.83 bits per heavy atom. The van der Waals surface area contributed by atoms with Gasteiger partial charge in [-0.15, -0.1) is 0 Å². The van der Waals surface area contributed by atoms with E-state index in [1.165, 1.54) is 25.7 Å². The first kappa shape index (κ1) is 15.4. The number of esters is 1. The third-order valence-electron chi connectivity index (χ3n) is 3.69. The van der Waals surface area contributed by atoms with Crippen molar-refractivity contribution < 1.29 is 14.6 Å². The SMILES string of the molecule is CCOC(=O)CC(O)CN1CCCC(CC)CC1. The van der Waals surface area contributed by atoms with Crippen LogP contribution in [0.4, 0.5) is 0 Å². The zero-order valence-electron chi connectivity index (χ0n) is 11.7. The van der Waals surface area contributed by atoms with Crippen molar-refractivity contribution in [2.75, 3.05) is 26.2 Å². The molecule has 18 heavy (non-hydrogen) atoms. The minimum atomic E-state index is -0.595. The van der Waals surface area contributed by atoms with E-state index in [-0.39, 0.29) is 12.4 Å². The molecule has 4 nitrogen and oxygen atoms in total. The monoisotopic (exact) mass is 257 g/mol. The predicted molar refractivity (Wildman–Crippen MR) is 71.3 cm³/mol. The normalized spacial score (nSPS) is 23.4.